The smallest absolute Gasteiger partial charge is 0.227 e. The van der Waals surface area contributed by atoms with Crippen LogP contribution in [0.15, 0.2) is 29.4 Å². The van der Waals surface area contributed by atoms with E-state index in [1.165, 1.54) is 16.8 Å². The van der Waals surface area contributed by atoms with Crippen molar-refractivity contribution in [1.29, 1.82) is 0 Å². The summed E-state index contributed by atoms with van der Waals surface area (Å²) in [6.07, 6.45) is 0. The summed E-state index contributed by atoms with van der Waals surface area (Å²) >= 11 is 1.06. The topological polar surface area (TPSA) is 109 Å². The van der Waals surface area contributed by atoms with Gasteiger partial charge in [0.15, 0.2) is 17.4 Å². The Hall–Kier alpha value is -2.29. The van der Waals surface area contributed by atoms with E-state index in [1.54, 1.807) is 12.1 Å². The molecular formula is C11H12FN5O2S. The molecule has 9 heteroatoms. The van der Waals surface area contributed by atoms with E-state index < -0.39 is 11.7 Å². The number of ether oxygens (including phenoxy) is 1. The Bertz CT molecular complexity index is 619. The lowest BCUT2D eigenvalue weighted by Gasteiger charge is -2.06. The molecule has 0 fully saturated rings. The summed E-state index contributed by atoms with van der Waals surface area (Å²) in [6.45, 7) is -0.0401. The third-order valence-electron chi connectivity index (χ3n) is 2.27. The molecule has 0 aliphatic heterocycles. The minimum atomic E-state index is -0.484. The van der Waals surface area contributed by atoms with E-state index in [1.807, 2.05) is 0 Å². The molecule has 2 rings (SSSR count). The van der Waals surface area contributed by atoms with Crippen molar-refractivity contribution in [3.8, 4) is 5.75 Å². The molecule has 0 unspecified atom stereocenters. The van der Waals surface area contributed by atoms with Crippen LogP contribution in [0.2, 0.25) is 0 Å². The van der Waals surface area contributed by atoms with Crippen molar-refractivity contribution in [2.45, 2.75) is 11.8 Å². The van der Waals surface area contributed by atoms with Crippen LogP contribution in [-0.2, 0) is 11.4 Å². The van der Waals surface area contributed by atoms with Crippen molar-refractivity contribution in [3.05, 3.63) is 35.9 Å². The van der Waals surface area contributed by atoms with Gasteiger partial charge in [-0.25, -0.2) is 9.07 Å². The summed E-state index contributed by atoms with van der Waals surface area (Å²) in [5.41, 5.74) is 5.02. The Balaban J connectivity index is 2.00. The van der Waals surface area contributed by atoms with Crippen molar-refractivity contribution in [3.63, 3.8) is 0 Å². The molecule has 1 heterocycles. The number of nitrogens with zero attached hydrogens (tertiary/aromatic N) is 3. The fourth-order valence-corrected chi connectivity index (χ4v) is 1.96. The van der Waals surface area contributed by atoms with Gasteiger partial charge in [-0.1, -0.05) is 23.9 Å². The number of hydrogen-bond donors (Lipinski definition) is 2. The number of rotatable bonds is 6. The summed E-state index contributed by atoms with van der Waals surface area (Å²) in [7, 11) is 0. The number of halogens is 1. The SMILES string of the molecule is NC(=O)CSc1nnc(COc2ccccc2F)n1N. The van der Waals surface area contributed by atoms with Gasteiger partial charge >= 0.3 is 0 Å². The normalized spacial score (nSPS) is 10.4. The summed E-state index contributed by atoms with van der Waals surface area (Å²) in [5, 5.41) is 7.93. The van der Waals surface area contributed by atoms with Crippen molar-refractivity contribution in [2.24, 2.45) is 5.73 Å². The highest BCUT2D eigenvalue weighted by Crippen LogP contribution is 2.18. The van der Waals surface area contributed by atoms with Crippen molar-refractivity contribution in [1.82, 2.24) is 14.9 Å². The third kappa shape index (κ3) is 3.38. The maximum absolute atomic E-state index is 13.4. The van der Waals surface area contributed by atoms with Crippen LogP contribution in [0.5, 0.6) is 5.75 Å². The van der Waals surface area contributed by atoms with Gasteiger partial charge < -0.3 is 16.3 Å². The lowest BCUT2D eigenvalue weighted by Crippen LogP contribution is -2.18. The standard InChI is InChI=1S/C11H12FN5O2S/c12-7-3-1-2-4-8(7)19-5-10-15-16-11(17(10)14)20-6-9(13)18/h1-4H,5-6,14H2,(H2,13,18). The predicted molar refractivity (Wildman–Crippen MR) is 70.8 cm³/mol. The lowest BCUT2D eigenvalue weighted by molar-refractivity contribution is -0.115. The monoisotopic (exact) mass is 297 g/mol. The second-order valence-corrected chi connectivity index (χ2v) is 4.69. The summed E-state index contributed by atoms with van der Waals surface area (Å²) in [4.78, 5) is 10.7. The van der Waals surface area contributed by atoms with Gasteiger partial charge in [0.25, 0.3) is 0 Å². The van der Waals surface area contributed by atoms with Gasteiger partial charge in [0.2, 0.25) is 11.1 Å². The average molecular weight is 297 g/mol. The zero-order chi connectivity index (χ0) is 14.5. The molecule has 106 valence electrons. The molecule has 0 radical (unpaired) electrons. The van der Waals surface area contributed by atoms with Crippen LogP contribution >= 0.6 is 11.8 Å². The fourth-order valence-electron chi connectivity index (χ4n) is 1.34. The van der Waals surface area contributed by atoms with E-state index in [2.05, 4.69) is 10.2 Å². The number of hydrogen-bond acceptors (Lipinski definition) is 6. The van der Waals surface area contributed by atoms with E-state index in [0.29, 0.717) is 11.0 Å². The second-order valence-electron chi connectivity index (χ2n) is 3.74. The first-order valence-corrected chi connectivity index (χ1v) is 6.54. The molecule has 20 heavy (non-hydrogen) atoms. The summed E-state index contributed by atoms with van der Waals surface area (Å²) < 4.78 is 19.8. The molecule has 0 saturated carbocycles. The Kier molecular flexibility index (Phi) is 4.41. The van der Waals surface area contributed by atoms with E-state index >= 15 is 0 Å². The predicted octanol–water partition coefficient (Wildman–Crippen LogP) is 0.287. The first-order valence-electron chi connectivity index (χ1n) is 5.55. The second kappa shape index (κ2) is 6.24. The van der Waals surface area contributed by atoms with E-state index in [9.17, 15) is 9.18 Å². The van der Waals surface area contributed by atoms with Crippen LogP contribution in [0.3, 0.4) is 0 Å². The number of nitrogens with two attached hydrogens (primary N) is 2. The molecule has 0 spiro atoms. The Morgan fingerprint density at radius 1 is 1.40 bits per heavy atom. The number of thioether (sulfide) groups is 1. The molecule has 1 aromatic carbocycles. The molecule has 0 saturated heterocycles. The van der Waals surface area contributed by atoms with Crippen LogP contribution in [0.4, 0.5) is 4.39 Å². The first kappa shape index (κ1) is 14.1. The highest BCUT2D eigenvalue weighted by atomic mass is 32.2. The van der Waals surface area contributed by atoms with Gasteiger partial charge in [0.05, 0.1) is 5.75 Å². The minimum absolute atomic E-state index is 0.0401. The number of benzene rings is 1. The van der Waals surface area contributed by atoms with Gasteiger partial charge in [-0.05, 0) is 12.1 Å². The molecule has 4 N–H and O–H groups in total. The van der Waals surface area contributed by atoms with Crippen molar-refractivity contribution < 1.29 is 13.9 Å². The zero-order valence-electron chi connectivity index (χ0n) is 10.3. The highest BCUT2D eigenvalue weighted by Gasteiger charge is 2.12. The van der Waals surface area contributed by atoms with Crippen LogP contribution in [0.25, 0.3) is 0 Å². The van der Waals surface area contributed by atoms with E-state index in [-0.39, 0.29) is 18.1 Å². The van der Waals surface area contributed by atoms with Crippen LogP contribution in [0.1, 0.15) is 5.82 Å². The van der Waals surface area contributed by atoms with Gasteiger partial charge in [-0.3, -0.25) is 4.79 Å². The van der Waals surface area contributed by atoms with E-state index in [4.69, 9.17) is 16.3 Å². The van der Waals surface area contributed by atoms with Crippen LogP contribution < -0.4 is 16.3 Å². The molecule has 0 aliphatic rings. The number of para-hydroxylation sites is 1. The molecule has 0 aliphatic carbocycles. The Morgan fingerprint density at radius 2 is 2.15 bits per heavy atom. The quantitative estimate of drug-likeness (QED) is 0.586. The van der Waals surface area contributed by atoms with Crippen LogP contribution in [-0.4, -0.2) is 26.5 Å². The van der Waals surface area contributed by atoms with Gasteiger partial charge in [-0.15, -0.1) is 10.2 Å². The summed E-state index contributed by atoms with van der Waals surface area (Å²) in [6, 6.07) is 6.00. The van der Waals surface area contributed by atoms with Gasteiger partial charge in [0.1, 0.15) is 6.61 Å². The fraction of sp³-hybridized carbons (Fsp3) is 0.182. The number of primary amides is 1. The van der Waals surface area contributed by atoms with E-state index in [0.717, 1.165) is 11.8 Å². The number of carbonyl (C=O) groups excluding carboxylic acids is 1. The maximum Gasteiger partial charge on any atom is 0.227 e. The maximum atomic E-state index is 13.4. The molecule has 7 nitrogen and oxygen atoms in total. The molecule has 2 aromatic rings. The number of aromatic nitrogens is 3. The minimum Gasteiger partial charge on any atom is -0.482 e. The average Bonchev–Trinajstić information content (AvgIpc) is 2.76. The lowest BCUT2D eigenvalue weighted by atomic mass is 10.3. The third-order valence-corrected chi connectivity index (χ3v) is 3.24. The molecule has 1 amide bonds. The number of nitrogen functional groups attached to an aromatic ring is 1. The molecule has 0 bridgehead atoms. The van der Waals surface area contributed by atoms with Gasteiger partial charge in [0, 0.05) is 0 Å². The Labute approximate surface area is 118 Å². The highest BCUT2D eigenvalue weighted by molar-refractivity contribution is 7.99. The largest absolute Gasteiger partial charge is 0.482 e. The molecular weight excluding hydrogens is 285 g/mol. The summed E-state index contributed by atoms with van der Waals surface area (Å²) in [5.74, 6) is 5.23. The Morgan fingerprint density at radius 3 is 2.85 bits per heavy atom. The van der Waals surface area contributed by atoms with Gasteiger partial charge in [-0.2, -0.15) is 0 Å². The zero-order valence-corrected chi connectivity index (χ0v) is 11.1. The molecule has 0 atom stereocenters. The van der Waals surface area contributed by atoms with Crippen LogP contribution in [0, 0.1) is 5.82 Å². The number of carbonyl (C=O) groups is 1. The van der Waals surface area contributed by atoms with Crippen molar-refractivity contribution >= 4 is 17.7 Å². The number of amides is 1. The molecule has 1 aromatic heterocycles. The first-order chi connectivity index (χ1) is 9.58. The van der Waals surface area contributed by atoms with Crippen molar-refractivity contribution in [2.75, 3.05) is 11.6 Å².